The standard InChI is InChI=1S/C50H59ClN8O9S2/c1-34(15-18-56-23-25-69(64,26-24-56)55-49(61)67-4)27-36-7-11-42(30-45(36)59(62)63)70(65,66)54-48(60)43-12-10-40(29-46(43)68-41-28-37-14-17-52-47(37)53-32-41)58-21-19-57(20-22-58)33-38-13-16-50(2,3)31-44(38)35-5-8-39(51)9-6-35/h5-12,14,17,28-30,32,34H,13,15-16,18-27,31,33H2,1-4H3,(H,52,53)(H,54,60)/t34-/m0/s1. The number of carbonyl (C=O) groups excluding carboxylic acids is 2. The van der Waals surface area contributed by atoms with Crippen molar-refractivity contribution in [2.24, 2.45) is 15.7 Å². The van der Waals surface area contributed by atoms with E-state index in [1.807, 2.05) is 25.1 Å². The third kappa shape index (κ3) is 12.4. The molecule has 372 valence electrons. The van der Waals surface area contributed by atoms with E-state index in [1.165, 1.54) is 48.2 Å². The van der Waals surface area contributed by atoms with Gasteiger partial charge in [0, 0.05) is 97.3 Å². The van der Waals surface area contributed by atoms with Gasteiger partial charge in [-0.3, -0.25) is 19.8 Å². The quantitative estimate of drug-likeness (QED) is 0.0742. The number of nitrogens with zero attached hydrogens (tertiary/aromatic N) is 6. The first-order valence-corrected chi connectivity index (χ1v) is 27.1. The molecule has 3 aromatic carbocycles. The van der Waals surface area contributed by atoms with Gasteiger partial charge in [0.15, 0.2) is 0 Å². The summed E-state index contributed by atoms with van der Waals surface area (Å²) in [7, 11) is -6.10. The average Bonchev–Trinajstić information content (AvgIpc) is 3.80. The minimum absolute atomic E-state index is 0.0358. The summed E-state index contributed by atoms with van der Waals surface area (Å²) in [5.41, 5.74) is 5.62. The lowest BCUT2D eigenvalue weighted by Gasteiger charge is -2.39. The third-order valence-electron chi connectivity index (χ3n) is 13.5. The second-order valence-electron chi connectivity index (χ2n) is 19.2. The molecular formula is C50H59ClN8O9S2. The van der Waals surface area contributed by atoms with Crippen molar-refractivity contribution in [3.8, 4) is 11.5 Å². The Kier molecular flexibility index (Phi) is 15.3. The molecule has 2 aromatic heterocycles. The van der Waals surface area contributed by atoms with Crippen LogP contribution < -0.4 is 14.4 Å². The fourth-order valence-electron chi connectivity index (χ4n) is 9.40. The second kappa shape index (κ2) is 21.2. The summed E-state index contributed by atoms with van der Waals surface area (Å²) in [5.74, 6) is -0.0991. The van der Waals surface area contributed by atoms with Crippen LogP contribution in [0, 0.1) is 21.4 Å². The summed E-state index contributed by atoms with van der Waals surface area (Å²) in [5, 5.41) is 13.8. The molecule has 0 bridgehead atoms. The number of sulfonamides is 1. The smallest absolute Gasteiger partial charge is 0.441 e. The van der Waals surface area contributed by atoms with Gasteiger partial charge in [0.25, 0.3) is 21.6 Å². The van der Waals surface area contributed by atoms with E-state index < -0.39 is 41.6 Å². The van der Waals surface area contributed by atoms with Gasteiger partial charge in [0.2, 0.25) is 0 Å². The predicted molar refractivity (Wildman–Crippen MR) is 272 cm³/mol. The number of ether oxygens (including phenoxy) is 2. The second-order valence-corrected chi connectivity index (χ2v) is 23.9. The van der Waals surface area contributed by atoms with Crippen LogP contribution in [0.5, 0.6) is 11.5 Å². The number of carbonyl (C=O) groups is 2. The van der Waals surface area contributed by atoms with Crippen molar-refractivity contribution in [1.82, 2.24) is 24.5 Å². The number of hydrogen-bond donors (Lipinski definition) is 2. The Balaban J connectivity index is 0.954. The maximum Gasteiger partial charge on any atom is 0.441 e. The number of fused-ring (bicyclic) bond motifs is 1. The van der Waals surface area contributed by atoms with Crippen LogP contribution in [0.25, 0.3) is 16.6 Å². The largest absolute Gasteiger partial charge is 0.455 e. The zero-order chi connectivity index (χ0) is 49.8. The highest BCUT2D eigenvalue weighted by molar-refractivity contribution is 7.94. The van der Waals surface area contributed by atoms with Crippen LogP contribution in [0.3, 0.4) is 0 Å². The number of nitro groups is 1. The van der Waals surface area contributed by atoms with E-state index in [-0.39, 0.29) is 39.8 Å². The molecule has 0 saturated carbocycles. The van der Waals surface area contributed by atoms with Crippen molar-refractivity contribution in [1.29, 1.82) is 0 Å². The SMILES string of the molecule is COC(=O)N=S1(=O)CCN(CC[C@H](C)Cc2ccc(S(=O)(=O)NC(=O)c3ccc(N4CCN(CC5=C(c6ccc(Cl)cc6)CC(C)(C)CC5)CC4)cc3Oc3cnc4[nH]ccc4c3)cc2[N+](=O)[O-])CC1. The molecule has 0 unspecified atom stereocenters. The first-order chi connectivity index (χ1) is 33.4. The molecule has 1 atom stereocenters. The highest BCUT2D eigenvalue weighted by Gasteiger charge is 2.31. The summed E-state index contributed by atoms with van der Waals surface area (Å²) in [4.78, 5) is 51.2. The molecule has 2 fully saturated rings. The molecule has 8 rings (SSSR count). The number of rotatable bonds is 15. The molecule has 3 aliphatic rings. The lowest BCUT2D eigenvalue weighted by atomic mass is 9.72. The first-order valence-electron chi connectivity index (χ1n) is 23.4. The fraction of sp³-hybridized carbons (Fsp3) is 0.420. The van der Waals surface area contributed by atoms with E-state index in [9.17, 15) is 32.3 Å². The van der Waals surface area contributed by atoms with Gasteiger partial charge in [-0.15, -0.1) is 4.36 Å². The van der Waals surface area contributed by atoms with Crippen molar-refractivity contribution >= 4 is 71.3 Å². The number of methoxy groups -OCH3 is 1. The molecule has 2 aliphatic heterocycles. The lowest BCUT2D eigenvalue weighted by molar-refractivity contribution is -0.385. The Bertz CT molecular complexity index is 3040. The van der Waals surface area contributed by atoms with Crippen LogP contribution in [-0.4, -0.2) is 120 Å². The van der Waals surface area contributed by atoms with Gasteiger partial charge in [-0.2, -0.15) is 0 Å². The molecule has 1 aliphatic carbocycles. The Morgan fingerprint density at radius 1 is 1.00 bits per heavy atom. The molecule has 20 heteroatoms. The van der Waals surface area contributed by atoms with Crippen molar-refractivity contribution < 1.29 is 36.6 Å². The van der Waals surface area contributed by atoms with E-state index in [2.05, 4.69) is 64.5 Å². The van der Waals surface area contributed by atoms with Crippen LogP contribution >= 0.6 is 11.6 Å². The maximum atomic E-state index is 14.0. The number of nitro benzene ring substituents is 1. The minimum atomic E-state index is -4.61. The van der Waals surface area contributed by atoms with Crippen molar-refractivity contribution in [3.63, 3.8) is 0 Å². The van der Waals surface area contributed by atoms with Gasteiger partial charge in [0.1, 0.15) is 17.1 Å². The zero-order valence-electron chi connectivity index (χ0n) is 39.8. The number of benzene rings is 3. The molecule has 2 amide bonds. The van der Waals surface area contributed by atoms with Crippen molar-refractivity contribution in [2.45, 2.75) is 57.8 Å². The Labute approximate surface area is 414 Å². The van der Waals surface area contributed by atoms with Gasteiger partial charge >= 0.3 is 6.09 Å². The summed E-state index contributed by atoms with van der Waals surface area (Å²) < 4.78 is 57.3. The van der Waals surface area contributed by atoms with Gasteiger partial charge in [-0.1, -0.05) is 56.1 Å². The van der Waals surface area contributed by atoms with E-state index in [0.717, 1.165) is 61.1 Å². The Morgan fingerprint density at radius 2 is 1.74 bits per heavy atom. The fourth-order valence-corrected chi connectivity index (χ4v) is 12.3. The normalized spacial score (nSPS) is 18.0. The van der Waals surface area contributed by atoms with Crippen molar-refractivity contribution in [3.05, 3.63) is 123 Å². The number of allylic oxidation sites excluding steroid dienone is 1. The number of hydrogen-bond acceptors (Lipinski definition) is 13. The molecule has 0 spiro atoms. The van der Waals surface area contributed by atoms with Gasteiger partial charge in [0.05, 0.1) is 38.4 Å². The van der Waals surface area contributed by atoms with Crippen LogP contribution in [-0.2, 0) is 30.9 Å². The van der Waals surface area contributed by atoms with Crippen LogP contribution in [0.15, 0.2) is 100 Å². The van der Waals surface area contributed by atoms with E-state index >= 15 is 0 Å². The lowest BCUT2D eigenvalue weighted by Crippen LogP contribution is -2.47. The van der Waals surface area contributed by atoms with Gasteiger partial charge in [-0.05, 0) is 104 Å². The molecule has 0 radical (unpaired) electrons. The van der Waals surface area contributed by atoms with E-state index in [4.69, 9.17) is 16.3 Å². The third-order valence-corrected chi connectivity index (χ3v) is 17.2. The minimum Gasteiger partial charge on any atom is -0.455 e. The molecule has 2 N–H and O–H groups in total. The number of aromatic amines is 1. The summed E-state index contributed by atoms with van der Waals surface area (Å²) in [6.45, 7) is 12.1. The van der Waals surface area contributed by atoms with Crippen molar-refractivity contribution in [2.75, 3.05) is 75.9 Å². The molecule has 4 heterocycles. The van der Waals surface area contributed by atoms with E-state index in [0.29, 0.717) is 62.5 Å². The topological polar surface area (TPSA) is 210 Å². The number of anilines is 1. The Hall–Kier alpha value is -5.86. The molecule has 5 aromatic rings. The number of H-pyrrole nitrogens is 1. The molecule has 70 heavy (non-hydrogen) atoms. The van der Waals surface area contributed by atoms with E-state index in [1.54, 1.807) is 24.4 Å². The number of piperazine rings is 1. The summed E-state index contributed by atoms with van der Waals surface area (Å²) >= 11 is 6.25. The molecular weight excluding hydrogens is 956 g/mol. The molecule has 2 saturated heterocycles. The highest BCUT2D eigenvalue weighted by Crippen LogP contribution is 2.43. The highest BCUT2D eigenvalue weighted by atomic mass is 35.5. The number of pyridine rings is 1. The first kappa shape index (κ1) is 50.5. The number of aromatic nitrogens is 2. The van der Waals surface area contributed by atoms with Gasteiger partial charge in [-0.25, -0.2) is 27.1 Å². The van der Waals surface area contributed by atoms with Crippen LogP contribution in [0.2, 0.25) is 5.02 Å². The predicted octanol–water partition coefficient (Wildman–Crippen LogP) is 8.94. The monoisotopic (exact) mass is 1010 g/mol. The maximum absolute atomic E-state index is 14.0. The average molecular weight is 1020 g/mol. The van der Waals surface area contributed by atoms with Crippen LogP contribution in [0.1, 0.15) is 67.9 Å². The zero-order valence-corrected chi connectivity index (χ0v) is 42.2. The Morgan fingerprint density at radius 3 is 2.46 bits per heavy atom. The molecule has 17 nitrogen and oxygen atoms in total. The van der Waals surface area contributed by atoms with Gasteiger partial charge < -0.3 is 24.3 Å². The summed E-state index contributed by atoms with van der Waals surface area (Å²) in [6, 6.07) is 20.4. The number of nitrogens with one attached hydrogen (secondary N) is 2. The summed E-state index contributed by atoms with van der Waals surface area (Å²) in [6.07, 6.45) is 6.52. The van der Waals surface area contributed by atoms with Crippen LogP contribution in [0.4, 0.5) is 16.2 Å². The number of amides is 2. The number of halogens is 1.